The van der Waals surface area contributed by atoms with Crippen LogP contribution in [0.1, 0.15) is 62.5 Å². The average Bonchev–Trinajstić information content (AvgIpc) is 3.13. The number of carbonyl (C=O) groups is 1. The van der Waals surface area contributed by atoms with Crippen LogP contribution in [0.25, 0.3) is 11.0 Å². The first-order valence-electron chi connectivity index (χ1n) is 8.35. The Morgan fingerprint density at radius 1 is 1.19 bits per heavy atom. The molecule has 0 fully saturated rings. The first-order chi connectivity index (χ1) is 12.0. The molecule has 1 aromatic carbocycles. The third-order valence-corrected chi connectivity index (χ3v) is 4.16. The van der Waals surface area contributed by atoms with Crippen LogP contribution in [0.15, 0.2) is 27.1 Å². The van der Waals surface area contributed by atoms with Crippen molar-refractivity contribution in [1.29, 1.82) is 0 Å². The molecule has 0 bridgehead atoms. The minimum Gasteiger partial charge on any atom is -0.451 e. The van der Waals surface area contributed by atoms with Gasteiger partial charge in [0.2, 0.25) is 5.89 Å². The molecule has 1 amide bonds. The van der Waals surface area contributed by atoms with E-state index in [0.29, 0.717) is 28.2 Å². The Labute approximate surface area is 150 Å². The molecular formula is C19H22FN3O3. The van der Waals surface area contributed by atoms with Crippen LogP contribution in [0, 0.1) is 12.7 Å². The zero-order valence-electron chi connectivity index (χ0n) is 15.7. The molecule has 26 heavy (non-hydrogen) atoms. The molecule has 0 atom stereocenters. The number of hydrogen-bond donors (Lipinski definition) is 1. The lowest BCUT2D eigenvalue weighted by Crippen LogP contribution is -2.42. The van der Waals surface area contributed by atoms with Gasteiger partial charge in [0, 0.05) is 16.4 Å². The first kappa shape index (κ1) is 18.1. The summed E-state index contributed by atoms with van der Waals surface area (Å²) in [7, 11) is 0. The van der Waals surface area contributed by atoms with E-state index in [9.17, 15) is 9.18 Å². The molecule has 0 radical (unpaired) electrons. The fourth-order valence-electron chi connectivity index (χ4n) is 2.59. The third kappa shape index (κ3) is 3.21. The van der Waals surface area contributed by atoms with E-state index in [2.05, 4.69) is 15.5 Å². The van der Waals surface area contributed by atoms with E-state index in [1.807, 2.05) is 20.8 Å². The summed E-state index contributed by atoms with van der Waals surface area (Å²) in [4.78, 5) is 17.1. The normalized spacial score (nSPS) is 12.6. The summed E-state index contributed by atoms with van der Waals surface area (Å²) in [5, 5.41) is 7.43. The highest BCUT2D eigenvalue weighted by Gasteiger charge is 2.33. The number of carbonyl (C=O) groups excluding carboxylic acids is 1. The second-order valence-electron chi connectivity index (χ2n) is 7.95. The maximum absolute atomic E-state index is 13.4. The molecule has 2 heterocycles. The molecule has 138 valence electrons. The van der Waals surface area contributed by atoms with Gasteiger partial charge in [-0.25, -0.2) is 4.39 Å². The monoisotopic (exact) mass is 359 g/mol. The molecule has 0 aliphatic heterocycles. The van der Waals surface area contributed by atoms with Crippen molar-refractivity contribution >= 4 is 16.9 Å². The molecule has 1 N–H and O–H groups in total. The zero-order valence-corrected chi connectivity index (χ0v) is 15.7. The predicted octanol–water partition coefficient (Wildman–Crippen LogP) is 4.23. The topological polar surface area (TPSA) is 81.2 Å². The molecule has 7 heteroatoms. The second kappa shape index (κ2) is 5.93. The van der Waals surface area contributed by atoms with Gasteiger partial charge in [0.25, 0.3) is 5.91 Å². The standard InChI is InChI=1S/C19H22FN3O3/c1-10-12-9-11(20)7-8-13(12)25-14(10)15(24)22-19(5,6)16-21-17(26-23-16)18(2,3)4/h7-9H,1-6H3,(H,22,24). The number of benzene rings is 1. The van der Waals surface area contributed by atoms with Crippen molar-refractivity contribution in [1.82, 2.24) is 15.5 Å². The van der Waals surface area contributed by atoms with E-state index in [1.54, 1.807) is 20.8 Å². The van der Waals surface area contributed by atoms with Crippen molar-refractivity contribution in [3.63, 3.8) is 0 Å². The van der Waals surface area contributed by atoms with Gasteiger partial charge in [0.15, 0.2) is 11.6 Å². The molecule has 0 unspecified atom stereocenters. The molecule has 3 rings (SSSR count). The predicted molar refractivity (Wildman–Crippen MR) is 94.4 cm³/mol. The summed E-state index contributed by atoms with van der Waals surface area (Å²) in [6, 6.07) is 4.16. The Morgan fingerprint density at radius 3 is 2.50 bits per heavy atom. The minimum absolute atomic E-state index is 0.137. The van der Waals surface area contributed by atoms with Crippen molar-refractivity contribution in [2.24, 2.45) is 0 Å². The lowest BCUT2D eigenvalue weighted by atomic mass is 9.97. The van der Waals surface area contributed by atoms with Crippen LogP contribution in [0.4, 0.5) is 4.39 Å². The zero-order chi connectivity index (χ0) is 19.3. The number of aryl methyl sites for hydroxylation is 1. The van der Waals surface area contributed by atoms with Crippen LogP contribution in [0.2, 0.25) is 0 Å². The van der Waals surface area contributed by atoms with Gasteiger partial charge in [-0.05, 0) is 39.0 Å². The molecule has 0 aliphatic carbocycles. The first-order valence-corrected chi connectivity index (χ1v) is 8.35. The van der Waals surface area contributed by atoms with E-state index in [0.717, 1.165) is 0 Å². The van der Waals surface area contributed by atoms with Gasteiger partial charge in [-0.2, -0.15) is 4.98 Å². The number of amides is 1. The fourth-order valence-corrected chi connectivity index (χ4v) is 2.59. The van der Waals surface area contributed by atoms with Gasteiger partial charge >= 0.3 is 0 Å². The summed E-state index contributed by atoms with van der Waals surface area (Å²) in [5.74, 6) is 0.195. The smallest absolute Gasteiger partial charge is 0.288 e. The number of nitrogens with one attached hydrogen (secondary N) is 1. The average molecular weight is 359 g/mol. The Bertz CT molecular complexity index is 980. The van der Waals surface area contributed by atoms with Gasteiger partial charge in [0.1, 0.15) is 11.4 Å². The number of furan rings is 1. The molecule has 0 aliphatic rings. The molecule has 3 aromatic rings. The van der Waals surface area contributed by atoms with Crippen molar-refractivity contribution in [3.8, 4) is 0 Å². The Hall–Kier alpha value is -2.70. The number of aromatic nitrogens is 2. The molecular weight excluding hydrogens is 337 g/mol. The van der Waals surface area contributed by atoms with Crippen molar-refractivity contribution in [3.05, 3.63) is 47.1 Å². The fraction of sp³-hybridized carbons (Fsp3) is 0.421. The molecule has 0 saturated carbocycles. The quantitative estimate of drug-likeness (QED) is 0.757. The van der Waals surface area contributed by atoms with E-state index in [-0.39, 0.29) is 17.0 Å². The lowest BCUT2D eigenvalue weighted by molar-refractivity contribution is 0.0880. The molecule has 2 aromatic heterocycles. The highest BCUT2D eigenvalue weighted by atomic mass is 19.1. The summed E-state index contributed by atoms with van der Waals surface area (Å²) < 4.78 is 24.4. The number of halogens is 1. The highest BCUT2D eigenvalue weighted by Crippen LogP contribution is 2.28. The molecule has 0 spiro atoms. The van der Waals surface area contributed by atoms with Crippen LogP contribution < -0.4 is 5.32 Å². The van der Waals surface area contributed by atoms with Gasteiger partial charge in [-0.3, -0.25) is 4.79 Å². The van der Waals surface area contributed by atoms with E-state index < -0.39 is 11.4 Å². The largest absolute Gasteiger partial charge is 0.451 e. The maximum Gasteiger partial charge on any atom is 0.288 e. The van der Waals surface area contributed by atoms with Crippen LogP contribution in [0.5, 0.6) is 0 Å². The van der Waals surface area contributed by atoms with Gasteiger partial charge in [-0.1, -0.05) is 25.9 Å². The van der Waals surface area contributed by atoms with Crippen LogP contribution >= 0.6 is 0 Å². The Balaban J connectivity index is 1.89. The number of hydrogen-bond acceptors (Lipinski definition) is 5. The van der Waals surface area contributed by atoms with Crippen LogP contribution in [-0.2, 0) is 11.0 Å². The lowest BCUT2D eigenvalue weighted by Gasteiger charge is -2.22. The Morgan fingerprint density at radius 2 is 1.88 bits per heavy atom. The van der Waals surface area contributed by atoms with Crippen molar-refractivity contribution in [2.75, 3.05) is 0 Å². The third-order valence-electron chi connectivity index (χ3n) is 4.16. The van der Waals surface area contributed by atoms with E-state index >= 15 is 0 Å². The highest BCUT2D eigenvalue weighted by molar-refractivity contribution is 5.99. The maximum atomic E-state index is 13.4. The summed E-state index contributed by atoms with van der Waals surface area (Å²) in [5.41, 5.74) is -0.122. The SMILES string of the molecule is Cc1c(C(=O)NC(C)(C)c2noc(C(C)(C)C)n2)oc2ccc(F)cc12. The van der Waals surface area contributed by atoms with E-state index in [4.69, 9.17) is 8.94 Å². The van der Waals surface area contributed by atoms with Crippen molar-refractivity contribution < 1.29 is 18.1 Å². The summed E-state index contributed by atoms with van der Waals surface area (Å²) >= 11 is 0. The summed E-state index contributed by atoms with van der Waals surface area (Å²) in [6.45, 7) is 11.2. The second-order valence-corrected chi connectivity index (χ2v) is 7.95. The Kier molecular flexibility index (Phi) is 4.13. The molecule has 6 nitrogen and oxygen atoms in total. The number of fused-ring (bicyclic) bond motifs is 1. The number of rotatable bonds is 3. The van der Waals surface area contributed by atoms with Crippen LogP contribution in [-0.4, -0.2) is 16.0 Å². The number of nitrogens with zero attached hydrogens (tertiary/aromatic N) is 2. The van der Waals surface area contributed by atoms with Crippen molar-refractivity contribution in [2.45, 2.75) is 52.5 Å². The summed E-state index contributed by atoms with van der Waals surface area (Å²) in [6.07, 6.45) is 0. The van der Waals surface area contributed by atoms with Gasteiger partial charge in [-0.15, -0.1) is 0 Å². The van der Waals surface area contributed by atoms with Crippen LogP contribution in [0.3, 0.4) is 0 Å². The van der Waals surface area contributed by atoms with Gasteiger partial charge in [0.05, 0.1) is 5.54 Å². The van der Waals surface area contributed by atoms with Gasteiger partial charge < -0.3 is 14.3 Å². The van der Waals surface area contributed by atoms with E-state index in [1.165, 1.54) is 18.2 Å². The minimum atomic E-state index is -0.874. The molecule has 0 saturated heterocycles.